The molecule has 3 atom stereocenters. The molecule has 8 nitrogen and oxygen atoms in total. The summed E-state index contributed by atoms with van der Waals surface area (Å²) >= 11 is 6.11. The highest BCUT2D eigenvalue weighted by Gasteiger charge is 2.49. The highest BCUT2D eigenvalue weighted by Crippen LogP contribution is 2.45. The number of anilines is 3. The Bertz CT molecular complexity index is 1500. The summed E-state index contributed by atoms with van der Waals surface area (Å²) in [4.78, 5) is 37.1. The lowest BCUT2D eigenvalue weighted by Crippen LogP contribution is -2.58. The topological polar surface area (TPSA) is 104 Å². The first-order chi connectivity index (χ1) is 18.6. The van der Waals surface area contributed by atoms with E-state index in [4.69, 9.17) is 17.3 Å². The van der Waals surface area contributed by atoms with Crippen LogP contribution < -0.4 is 16.0 Å². The molecule has 2 fully saturated rings. The Balaban J connectivity index is 1.38. The molecular weight excluding hydrogens is 533 g/mol. The quantitative estimate of drug-likeness (QED) is 0.493. The lowest BCUT2D eigenvalue weighted by molar-refractivity contribution is -0.136. The zero-order valence-corrected chi connectivity index (χ0v) is 21.6. The molecule has 0 radical (unpaired) electrons. The van der Waals surface area contributed by atoms with Crippen molar-refractivity contribution in [1.29, 1.82) is 0 Å². The van der Waals surface area contributed by atoms with Crippen LogP contribution >= 0.6 is 11.6 Å². The number of nitrogens with two attached hydrogens (primary N) is 1. The van der Waals surface area contributed by atoms with Gasteiger partial charge in [-0.05, 0) is 31.5 Å². The minimum absolute atomic E-state index is 0.0247. The van der Waals surface area contributed by atoms with Gasteiger partial charge < -0.3 is 16.0 Å². The summed E-state index contributed by atoms with van der Waals surface area (Å²) in [5, 5.41) is 2.85. The molecule has 6 rings (SSSR count). The van der Waals surface area contributed by atoms with Crippen LogP contribution in [-0.2, 0) is 10.2 Å². The SMILES string of the molecule is C[C@]1(c2cccc(Cl)c2F)CN(c2ccc(N)cn2)C(=O)c2cnc(NC3CN(C(=O)[C@@H]4C[C@@H]4F)C3)c(F)c21. The van der Waals surface area contributed by atoms with Crippen molar-refractivity contribution < 1.29 is 22.8 Å². The molecule has 2 aromatic heterocycles. The fraction of sp³-hybridized carbons (Fsp3) is 0.333. The monoisotopic (exact) mass is 556 g/mol. The second kappa shape index (κ2) is 9.11. The number of likely N-dealkylation sites (tertiary alicyclic amines) is 1. The van der Waals surface area contributed by atoms with Crippen LogP contribution in [0, 0.1) is 17.6 Å². The van der Waals surface area contributed by atoms with E-state index in [-0.39, 0.29) is 71.4 Å². The molecular formula is C27H24ClF3N6O2. The first kappa shape index (κ1) is 25.4. The number of nitrogens with zero attached hydrogens (tertiary/aromatic N) is 4. The van der Waals surface area contributed by atoms with Gasteiger partial charge in [-0.2, -0.15) is 0 Å². The summed E-state index contributed by atoms with van der Waals surface area (Å²) in [7, 11) is 0. The number of aromatic nitrogens is 2. The van der Waals surface area contributed by atoms with Crippen LogP contribution in [0.25, 0.3) is 0 Å². The van der Waals surface area contributed by atoms with Crippen molar-refractivity contribution in [3.8, 4) is 0 Å². The van der Waals surface area contributed by atoms with Gasteiger partial charge in [0.2, 0.25) is 5.91 Å². The average molecular weight is 557 g/mol. The fourth-order valence-electron chi connectivity index (χ4n) is 5.39. The third kappa shape index (κ3) is 4.15. The van der Waals surface area contributed by atoms with Gasteiger partial charge in [0.05, 0.1) is 34.4 Å². The normalized spacial score (nSPS) is 24.3. The molecule has 3 aliphatic rings. The standard InChI is InChI=1S/C27H24ClF3N6O2/c1-27(17-3-2-4-18(28)22(17)30)12-37(20-6-5-13(32)8-33-20)26(39)16-9-34-24(23(31)21(16)27)35-14-10-36(11-14)25(38)15-7-19(15)29/h2-6,8-9,14-15,19H,7,10-12,32H2,1H3,(H,34,35)/t15-,19+,27-/m1/s1. The van der Waals surface area contributed by atoms with Gasteiger partial charge >= 0.3 is 0 Å². The van der Waals surface area contributed by atoms with E-state index in [2.05, 4.69) is 15.3 Å². The number of nitrogens with one attached hydrogen (secondary N) is 1. The highest BCUT2D eigenvalue weighted by atomic mass is 35.5. The molecule has 0 spiro atoms. The molecule has 1 saturated carbocycles. The number of nitrogen functional groups attached to an aromatic ring is 1. The maximum Gasteiger partial charge on any atom is 0.261 e. The molecule has 1 aromatic carbocycles. The summed E-state index contributed by atoms with van der Waals surface area (Å²) in [6.45, 7) is 2.05. The lowest BCUT2D eigenvalue weighted by Gasteiger charge is -2.43. The van der Waals surface area contributed by atoms with Crippen LogP contribution in [0.5, 0.6) is 0 Å². The molecule has 2 aliphatic heterocycles. The lowest BCUT2D eigenvalue weighted by atomic mass is 9.71. The van der Waals surface area contributed by atoms with Crippen molar-refractivity contribution in [1.82, 2.24) is 14.9 Å². The Kier molecular flexibility index (Phi) is 5.94. The number of benzene rings is 1. The molecule has 2 amide bonds. The molecule has 1 saturated heterocycles. The van der Waals surface area contributed by atoms with Crippen molar-refractivity contribution in [2.75, 3.05) is 35.6 Å². The van der Waals surface area contributed by atoms with E-state index in [9.17, 15) is 14.0 Å². The zero-order chi connectivity index (χ0) is 27.6. The van der Waals surface area contributed by atoms with Crippen LogP contribution in [0.3, 0.4) is 0 Å². The van der Waals surface area contributed by atoms with Gasteiger partial charge in [0.15, 0.2) is 11.6 Å². The van der Waals surface area contributed by atoms with Gasteiger partial charge in [-0.3, -0.25) is 14.5 Å². The number of hydrogen-bond acceptors (Lipinski definition) is 6. The average Bonchev–Trinajstić information content (AvgIpc) is 3.62. The number of alkyl halides is 1. The number of hydrogen-bond donors (Lipinski definition) is 2. The van der Waals surface area contributed by atoms with E-state index < -0.39 is 35.0 Å². The Hall–Kier alpha value is -3.86. The van der Waals surface area contributed by atoms with Gasteiger partial charge in [0.25, 0.3) is 5.91 Å². The van der Waals surface area contributed by atoms with Crippen LogP contribution in [0.4, 0.5) is 30.5 Å². The third-order valence-electron chi connectivity index (χ3n) is 7.68. The van der Waals surface area contributed by atoms with Crippen molar-refractivity contribution >= 4 is 40.7 Å². The van der Waals surface area contributed by atoms with E-state index in [1.807, 2.05) is 0 Å². The van der Waals surface area contributed by atoms with Gasteiger partial charge in [0.1, 0.15) is 17.8 Å². The van der Waals surface area contributed by atoms with E-state index in [0.29, 0.717) is 5.69 Å². The van der Waals surface area contributed by atoms with E-state index in [1.54, 1.807) is 25.1 Å². The first-order valence-electron chi connectivity index (χ1n) is 12.4. The summed E-state index contributed by atoms with van der Waals surface area (Å²) < 4.78 is 45.0. The molecule has 39 heavy (non-hydrogen) atoms. The van der Waals surface area contributed by atoms with Gasteiger partial charge in [-0.15, -0.1) is 0 Å². The number of fused-ring (bicyclic) bond motifs is 1. The second-order valence-corrected chi connectivity index (χ2v) is 10.8. The summed E-state index contributed by atoms with van der Waals surface area (Å²) in [6, 6.07) is 7.29. The number of amides is 2. The van der Waals surface area contributed by atoms with Gasteiger partial charge in [0, 0.05) is 42.4 Å². The first-order valence-corrected chi connectivity index (χ1v) is 12.8. The smallest absolute Gasteiger partial charge is 0.261 e. The van der Waals surface area contributed by atoms with Crippen molar-refractivity contribution in [3.63, 3.8) is 0 Å². The van der Waals surface area contributed by atoms with Crippen LogP contribution in [0.15, 0.2) is 42.7 Å². The van der Waals surface area contributed by atoms with Crippen molar-refractivity contribution in [3.05, 3.63) is 76.1 Å². The predicted octanol–water partition coefficient (Wildman–Crippen LogP) is 3.94. The second-order valence-electron chi connectivity index (χ2n) is 10.4. The van der Waals surface area contributed by atoms with E-state index in [0.717, 1.165) is 0 Å². The number of halogens is 4. The molecule has 202 valence electrons. The molecule has 3 aromatic rings. The Morgan fingerprint density at radius 3 is 2.56 bits per heavy atom. The maximum absolute atomic E-state index is 16.3. The van der Waals surface area contributed by atoms with Crippen molar-refractivity contribution in [2.24, 2.45) is 5.92 Å². The third-order valence-corrected chi connectivity index (χ3v) is 7.97. The Labute approximate surface area is 227 Å². The Morgan fingerprint density at radius 1 is 1.15 bits per heavy atom. The predicted molar refractivity (Wildman–Crippen MR) is 139 cm³/mol. The number of carbonyl (C=O) groups is 2. The summed E-state index contributed by atoms with van der Waals surface area (Å²) in [5.74, 6) is -2.76. The highest BCUT2D eigenvalue weighted by molar-refractivity contribution is 6.30. The molecule has 1 aliphatic carbocycles. The van der Waals surface area contributed by atoms with Crippen LogP contribution in [0.1, 0.15) is 34.8 Å². The largest absolute Gasteiger partial charge is 0.397 e. The number of pyridine rings is 2. The van der Waals surface area contributed by atoms with Gasteiger partial charge in [-0.25, -0.2) is 23.1 Å². The zero-order valence-electron chi connectivity index (χ0n) is 20.8. The van der Waals surface area contributed by atoms with E-state index in [1.165, 1.54) is 34.3 Å². The van der Waals surface area contributed by atoms with Crippen molar-refractivity contribution in [2.45, 2.75) is 31.0 Å². The minimum Gasteiger partial charge on any atom is -0.397 e. The summed E-state index contributed by atoms with van der Waals surface area (Å²) in [6.07, 6.45) is 1.80. The molecule has 4 heterocycles. The molecule has 12 heteroatoms. The molecule has 0 unspecified atom stereocenters. The van der Waals surface area contributed by atoms with E-state index >= 15 is 8.78 Å². The van der Waals surface area contributed by atoms with Crippen LogP contribution in [0.2, 0.25) is 5.02 Å². The van der Waals surface area contributed by atoms with Crippen LogP contribution in [-0.4, -0.2) is 58.5 Å². The fourth-order valence-corrected chi connectivity index (χ4v) is 5.57. The summed E-state index contributed by atoms with van der Waals surface area (Å²) in [5.41, 5.74) is 4.81. The number of carbonyl (C=O) groups excluding carboxylic acids is 2. The molecule has 3 N–H and O–H groups in total. The van der Waals surface area contributed by atoms with Gasteiger partial charge in [-0.1, -0.05) is 23.7 Å². The number of rotatable bonds is 5. The molecule has 0 bridgehead atoms. The Morgan fingerprint density at radius 2 is 1.90 bits per heavy atom. The minimum atomic E-state index is -1.38. The maximum atomic E-state index is 16.3.